The Labute approximate surface area is 150 Å². The van der Waals surface area contributed by atoms with E-state index in [1.54, 1.807) is 0 Å². The fourth-order valence-electron chi connectivity index (χ4n) is 2.63. The van der Waals surface area contributed by atoms with Crippen molar-refractivity contribution >= 4 is 5.96 Å². The zero-order valence-corrected chi connectivity index (χ0v) is 15.6. The lowest BCUT2D eigenvalue weighted by atomic mass is 10.4. The molecular formula is C17H32N6O2. The first kappa shape index (κ1) is 19.7. The van der Waals surface area contributed by atoms with Crippen LogP contribution in [0.15, 0.2) is 4.99 Å². The number of fused-ring (bicyclic) bond motifs is 1. The topological polar surface area (TPSA) is 85.6 Å². The van der Waals surface area contributed by atoms with Gasteiger partial charge >= 0.3 is 0 Å². The van der Waals surface area contributed by atoms with E-state index in [1.165, 1.54) is 0 Å². The molecule has 0 fully saturated rings. The van der Waals surface area contributed by atoms with Gasteiger partial charge in [-0.15, -0.1) is 10.2 Å². The van der Waals surface area contributed by atoms with E-state index in [2.05, 4.69) is 44.2 Å². The number of aromatic nitrogens is 3. The van der Waals surface area contributed by atoms with E-state index < -0.39 is 0 Å². The first-order chi connectivity index (χ1) is 12.3. The molecule has 0 spiro atoms. The first-order valence-corrected chi connectivity index (χ1v) is 9.43. The standard InChI is InChI=1S/C17H32N6O2/c1-3-5-10-24-12-13-25-11-8-19-17(18-4-2)20-14-16-22-21-15-7-6-9-23(15)16/h3-14H2,1-2H3,(H2,18,19,20). The smallest absolute Gasteiger partial charge is 0.191 e. The molecule has 0 unspecified atom stereocenters. The molecule has 0 saturated heterocycles. The number of unbranched alkanes of at least 4 members (excludes halogenated alkanes) is 1. The number of nitrogens with one attached hydrogen (secondary N) is 2. The molecule has 1 aliphatic heterocycles. The molecule has 2 rings (SSSR count). The number of hydrogen-bond acceptors (Lipinski definition) is 5. The van der Waals surface area contributed by atoms with Gasteiger partial charge in [-0.2, -0.15) is 0 Å². The molecule has 1 aromatic rings. The molecule has 0 aromatic carbocycles. The summed E-state index contributed by atoms with van der Waals surface area (Å²) in [4.78, 5) is 4.59. The minimum Gasteiger partial charge on any atom is -0.379 e. The van der Waals surface area contributed by atoms with Gasteiger partial charge in [0, 0.05) is 32.7 Å². The van der Waals surface area contributed by atoms with Crippen LogP contribution in [0.2, 0.25) is 0 Å². The summed E-state index contributed by atoms with van der Waals surface area (Å²) in [6, 6.07) is 0. The first-order valence-electron chi connectivity index (χ1n) is 9.43. The molecule has 0 atom stereocenters. The van der Waals surface area contributed by atoms with Gasteiger partial charge in [-0.1, -0.05) is 13.3 Å². The lowest BCUT2D eigenvalue weighted by Crippen LogP contribution is -2.39. The van der Waals surface area contributed by atoms with Crippen LogP contribution in [-0.2, 0) is 29.0 Å². The summed E-state index contributed by atoms with van der Waals surface area (Å²) in [5.74, 6) is 2.79. The molecule has 0 radical (unpaired) electrons. The Hall–Kier alpha value is -1.67. The molecule has 142 valence electrons. The summed E-state index contributed by atoms with van der Waals surface area (Å²) in [7, 11) is 0. The zero-order chi connectivity index (χ0) is 17.7. The van der Waals surface area contributed by atoms with Crippen LogP contribution in [0.5, 0.6) is 0 Å². The third kappa shape index (κ3) is 6.99. The van der Waals surface area contributed by atoms with Crippen molar-refractivity contribution in [2.75, 3.05) is 39.5 Å². The van der Waals surface area contributed by atoms with Gasteiger partial charge in [-0.3, -0.25) is 0 Å². The molecule has 2 N–H and O–H groups in total. The van der Waals surface area contributed by atoms with E-state index in [9.17, 15) is 0 Å². The van der Waals surface area contributed by atoms with Crippen LogP contribution >= 0.6 is 0 Å². The monoisotopic (exact) mass is 352 g/mol. The number of ether oxygens (including phenoxy) is 2. The Kier molecular flexibility index (Phi) is 9.28. The molecule has 25 heavy (non-hydrogen) atoms. The van der Waals surface area contributed by atoms with Gasteiger partial charge in [-0.05, 0) is 19.8 Å². The van der Waals surface area contributed by atoms with Crippen molar-refractivity contribution in [1.82, 2.24) is 25.4 Å². The van der Waals surface area contributed by atoms with E-state index >= 15 is 0 Å². The number of hydrogen-bond donors (Lipinski definition) is 2. The van der Waals surface area contributed by atoms with E-state index in [-0.39, 0.29) is 0 Å². The maximum atomic E-state index is 5.56. The largest absolute Gasteiger partial charge is 0.379 e. The Morgan fingerprint density at radius 2 is 1.96 bits per heavy atom. The predicted octanol–water partition coefficient (Wildman–Crippen LogP) is 1.11. The third-order valence-corrected chi connectivity index (χ3v) is 3.96. The summed E-state index contributed by atoms with van der Waals surface area (Å²) in [5, 5.41) is 15.0. The highest BCUT2D eigenvalue weighted by Gasteiger charge is 2.16. The minimum absolute atomic E-state index is 0.536. The Balaban J connectivity index is 1.63. The number of guanidine groups is 1. The summed E-state index contributed by atoms with van der Waals surface area (Å²) in [6.07, 6.45) is 4.45. The molecule has 0 bridgehead atoms. The van der Waals surface area contributed by atoms with Gasteiger partial charge in [-0.25, -0.2) is 4.99 Å². The van der Waals surface area contributed by atoms with Gasteiger partial charge in [0.2, 0.25) is 0 Å². The second-order valence-electron chi connectivity index (χ2n) is 5.99. The second kappa shape index (κ2) is 11.8. The molecule has 8 heteroatoms. The second-order valence-corrected chi connectivity index (χ2v) is 5.99. The predicted molar refractivity (Wildman–Crippen MR) is 97.7 cm³/mol. The van der Waals surface area contributed by atoms with Crippen LogP contribution in [0, 0.1) is 0 Å². The van der Waals surface area contributed by atoms with Gasteiger partial charge in [0.05, 0.1) is 19.8 Å². The van der Waals surface area contributed by atoms with Crippen LogP contribution in [0.3, 0.4) is 0 Å². The maximum Gasteiger partial charge on any atom is 0.191 e. The Morgan fingerprint density at radius 1 is 1.12 bits per heavy atom. The highest BCUT2D eigenvalue weighted by molar-refractivity contribution is 5.79. The van der Waals surface area contributed by atoms with Gasteiger partial charge in [0.15, 0.2) is 11.8 Å². The minimum atomic E-state index is 0.536. The highest BCUT2D eigenvalue weighted by Crippen LogP contribution is 2.14. The lowest BCUT2D eigenvalue weighted by molar-refractivity contribution is 0.0487. The molecular weight excluding hydrogens is 320 g/mol. The molecule has 1 aliphatic rings. The van der Waals surface area contributed by atoms with Crippen molar-refractivity contribution in [1.29, 1.82) is 0 Å². The SMILES string of the molecule is CCCCOCCOCCNC(=NCc1nnc2n1CCC2)NCC. The highest BCUT2D eigenvalue weighted by atomic mass is 16.5. The van der Waals surface area contributed by atoms with Crippen molar-refractivity contribution in [3.63, 3.8) is 0 Å². The van der Waals surface area contributed by atoms with Gasteiger partial charge in [0.1, 0.15) is 12.4 Å². The summed E-state index contributed by atoms with van der Waals surface area (Å²) in [6.45, 7) is 10.0. The maximum absolute atomic E-state index is 5.56. The van der Waals surface area contributed by atoms with Crippen molar-refractivity contribution in [3.05, 3.63) is 11.6 Å². The molecule has 8 nitrogen and oxygen atoms in total. The van der Waals surface area contributed by atoms with Crippen LogP contribution in [0.25, 0.3) is 0 Å². The third-order valence-electron chi connectivity index (χ3n) is 3.96. The molecule has 0 saturated carbocycles. The van der Waals surface area contributed by atoms with Crippen molar-refractivity contribution in [2.24, 2.45) is 4.99 Å². The average molecular weight is 352 g/mol. The number of aliphatic imine (C=N–C) groups is 1. The van der Waals surface area contributed by atoms with Crippen LogP contribution in [-0.4, -0.2) is 60.2 Å². The molecule has 0 amide bonds. The Morgan fingerprint density at radius 3 is 2.76 bits per heavy atom. The molecule has 2 heterocycles. The quantitative estimate of drug-likeness (QED) is 0.333. The molecule has 0 aliphatic carbocycles. The average Bonchev–Trinajstić information content (AvgIpc) is 3.22. The fourth-order valence-corrected chi connectivity index (χ4v) is 2.63. The van der Waals surface area contributed by atoms with E-state index in [0.29, 0.717) is 32.9 Å². The van der Waals surface area contributed by atoms with Crippen LogP contribution < -0.4 is 10.6 Å². The number of aryl methyl sites for hydroxylation is 1. The lowest BCUT2D eigenvalue weighted by Gasteiger charge is -2.11. The zero-order valence-electron chi connectivity index (χ0n) is 15.6. The fraction of sp³-hybridized carbons (Fsp3) is 0.824. The van der Waals surface area contributed by atoms with Gasteiger partial charge < -0.3 is 24.7 Å². The van der Waals surface area contributed by atoms with E-state index in [0.717, 1.165) is 63.0 Å². The number of nitrogens with zero attached hydrogens (tertiary/aromatic N) is 4. The van der Waals surface area contributed by atoms with Gasteiger partial charge in [0.25, 0.3) is 0 Å². The van der Waals surface area contributed by atoms with Crippen molar-refractivity contribution < 1.29 is 9.47 Å². The van der Waals surface area contributed by atoms with Crippen LogP contribution in [0.1, 0.15) is 44.8 Å². The van der Waals surface area contributed by atoms with Crippen LogP contribution in [0.4, 0.5) is 0 Å². The summed E-state index contributed by atoms with van der Waals surface area (Å²) in [5.41, 5.74) is 0. The van der Waals surface area contributed by atoms with Crippen molar-refractivity contribution in [2.45, 2.75) is 52.6 Å². The normalized spacial score (nSPS) is 13.9. The number of rotatable bonds is 12. The van der Waals surface area contributed by atoms with E-state index in [1.807, 2.05) is 0 Å². The molecule has 1 aromatic heterocycles. The summed E-state index contributed by atoms with van der Waals surface area (Å²) >= 11 is 0. The Bertz CT molecular complexity index is 517. The van der Waals surface area contributed by atoms with E-state index in [4.69, 9.17) is 9.47 Å². The summed E-state index contributed by atoms with van der Waals surface area (Å²) < 4.78 is 13.2. The van der Waals surface area contributed by atoms with Crippen molar-refractivity contribution in [3.8, 4) is 0 Å².